The quantitative estimate of drug-likeness (QED) is 0.765. The van der Waals surface area contributed by atoms with Crippen molar-refractivity contribution in [3.8, 4) is 0 Å². The second kappa shape index (κ2) is 6.30. The molecule has 1 aromatic heterocycles. The fourth-order valence-corrected chi connectivity index (χ4v) is 2.89. The molecule has 0 aromatic carbocycles. The molecule has 24 heavy (non-hydrogen) atoms. The molecule has 3 heterocycles. The van der Waals surface area contributed by atoms with Gasteiger partial charge in [-0.05, 0) is 6.07 Å². The van der Waals surface area contributed by atoms with E-state index in [2.05, 4.69) is 9.97 Å². The Balaban J connectivity index is 1.79. The number of nitrogens with zero attached hydrogens (tertiary/aromatic N) is 4. The molecule has 0 spiro atoms. The predicted octanol–water partition coefficient (Wildman–Crippen LogP) is 2.34. The van der Waals surface area contributed by atoms with Gasteiger partial charge in [-0.3, -0.25) is 0 Å². The van der Waals surface area contributed by atoms with Crippen molar-refractivity contribution in [2.45, 2.75) is 18.5 Å². The van der Waals surface area contributed by atoms with Crippen LogP contribution in [-0.4, -0.2) is 61.5 Å². The summed E-state index contributed by atoms with van der Waals surface area (Å²) in [5.74, 6) is -5.88. The van der Waals surface area contributed by atoms with Gasteiger partial charge < -0.3 is 14.5 Å². The van der Waals surface area contributed by atoms with Crippen LogP contribution in [0.1, 0.15) is 6.42 Å². The lowest BCUT2D eigenvalue weighted by molar-refractivity contribution is -0.243. The third-order valence-corrected chi connectivity index (χ3v) is 4.27. The highest BCUT2D eigenvalue weighted by Gasteiger charge is 2.58. The number of anilines is 2. The van der Waals surface area contributed by atoms with Crippen molar-refractivity contribution >= 4 is 11.8 Å². The number of alkyl halides is 5. The van der Waals surface area contributed by atoms with Crippen LogP contribution < -0.4 is 9.80 Å². The van der Waals surface area contributed by atoms with Crippen LogP contribution in [0.25, 0.3) is 0 Å². The van der Waals surface area contributed by atoms with Crippen molar-refractivity contribution in [1.82, 2.24) is 9.97 Å². The van der Waals surface area contributed by atoms with Crippen molar-refractivity contribution < 1.29 is 26.7 Å². The predicted molar refractivity (Wildman–Crippen MR) is 76.4 cm³/mol. The van der Waals surface area contributed by atoms with Gasteiger partial charge in [-0.15, -0.1) is 0 Å². The van der Waals surface area contributed by atoms with E-state index >= 15 is 0 Å². The molecule has 1 aromatic rings. The Bertz CT molecular complexity index is 577. The average molecular weight is 352 g/mol. The van der Waals surface area contributed by atoms with Gasteiger partial charge in [0, 0.05) is 38.8 Å². The highest BCUT2D eigenvalue weighted by molar-refractivity contribution is 5.44. The van der Waals surface area contributed by atoms with Crippen LogP contribution in [0.5, 0.6) is 0 Å². The first-order valence-electron chi connectivity index (χ1n) is 7.62. The van der Waals surface area contributed by atoms with Crippen molar-refractivity contribution in [3.63, 3.8) is 0 Å². The third-order valence-electron chi connectivity index (χ3n) is 4.27. The van der Waals surface area contributed by atoms with E-state index in [1.54, 1.807) is 6.07 Å². The summed E-state index contributed by atoms with van der Waals surface area (Å²) in [6.07, 6.45) is -4.41. The standard InChI is InChI=1S/C14H17F5N4O/c15-13(16)2-4-23(9-10(13)14(17,18)19)12-20-3-1-11(21-12)22-5-7-24-8-6-22/h1,3,10H,2,4-9H2. The monoisotopic (exact) mass is 352 g/mol. The van der Waals surface area contributed by atoms with Crippen LogP contribution in [-0.2, 0) is 4.74 Å². The van der Waals surface area contributed by atoms with Gasteiger partial charge in [-0.2, -0.15) is 18.2 Å². The highest BCUT2D eigenvalue weighted by atomic mass is 19.4. The van der Waals surface area contributed by atoms with Crippen LogP contribution in [0.3, 0.4) is 0 Å². The SMILES string of the molecule is FC(F)(F)C1CN(c2nccc(N3CCOCC3)n2)CCC1(F)F. The minimum atomic E-state index is -4.97. The number of ether oxygens (including phenoxy) is 1. The van der Waals surface area contributed by atoms with E-state index in [4.69, 9.17) is 4.74 Å². The Morgan fingerprint density at radius 3 is 2.50 bits per heavy atom. The first-order chi connectivity index (χ1) is 11.3. The van der Waals surface area contributed by atoms with Gasteiger partial charge in [-0.1, -0.05) is 0 Å². The van der Waals surface area contributed by atoms with Gasteiger partial charge in [0.25, 0.3) is 5.92 Å². The normalized spacial score (nSPS) is 25.0. The maximum Gasteiger partial charge on any atom is 0.399 e. The molecule has 5 nitrogen and oxygen atoms in total. The third kappa shape index (κ3) is 3.52. The fourth-order valence-electron chi connectivity index (χ4n) is 2.89. The first kappa shape index (κ1) is 17.1. The molecule has 0 radical (unpaired) electrons. The maximum absolute atomic E-state index is 13.6. The minimum Gasteiger partial charge on any atom is -0.378 e. The molecule has 0 aliphatic carbocycles. The lowest BCUT2D eigenvalue weighted by Gasteiger charge is -2.39. The zero-order chi connectivity index (χ0) is 17.4. The number of piperidine rings is 1. The van der Waals surface area contributed by atoms with E-state index in [0.29, 0.717) is 32.1 Å². The molecule has 10 heteroatoms. The van der Waals surface area contributed by atoms with E-state index in [1.165, 1.54) is 11.1 Å². The van der Waals surface area contributed by atoms with Crippen LogP contribution in [0.15, 0.2) is 12.3 Å². The Hall–Kier alpha value is -1.71. The number of rotatable bonds is 2. The number of morpholine rings is 1. The largest absolute Gasteiger partial charge is 0.399 e. The zero-order valence-corrected chi connectivity index (χ0v) is 12.8. The van der Waals surface area contributed by atoms with Gasteiger partial charge in [0.2, 0.25) is 5.95 Å². The maximum atomic E-state index is 13.6. The first-order valence-corrected chi connectivity index (χ1v) is 7.62. The molecule has 2 fully saturated rings. The minimum absolute atomic E-state index is 0.0451. The molecule has 2 aliphatic rings. The Morgan fingerprint density at radius 2 is 1.83 bits per heavy atom. The number of aromatic nitrogens is 2. The van der Waals surface area contributed by atoms with Gasteiger partial charge in [-0.25, -0.2) is 13.8 Å². The molecular formula is C14H17F5N4O. The average Bonchev–Trinajstić information content (AvgIpc) is 2.54. The van der Waals surface area contributed by atoms with Crippen molar-refractivity contribution in [3.05, 3.63) is 12.3 Å². The smallest absolute Gasteiger partial charge is 0.378 e. The van der Waals surface area contributed by atoms with Crippen LogP contribution in [0.2, 0.25) is 0 Å². The summed E-state index contributed by atoms with van der Waals surface area (Å²) in [6, 6.07) is 1.65. The van der Waals surface area contributed by atoms with Crippen LogP contribution >= 0.6 is 0 Å². The zero-order valence-electron chi connectivity index (χ0n) is 12.8. The van der Waals surface area contributed by atoms with E-state index in [9.17, 15) is 22.0 Å². The summed E-state index contributed by atoms with van der Waals surface area (Å²) in [6.45, 7) is 1.23. The molecule has 1 unspecified atom stereocenters. The lowest BCUT2D eigenvalue weighted by Crippen LogP contribution is -2.53. The second-order valence-electron chi connectivity index (χ2n) is 5.87. The van der Waals surface area contributed by atoms with E-state index in [1.807, 2.05) is 4.90 Å². The van der Waals surface area contributed by atoms with E-state index in [-0.39, 0.29) is 12.5 Å². The number of hydrogen-bond donors (Lipinski definition) is 0. The molecule has 0 bridgehead atoms. The summed E-state index contributed by atoms with van der Waals surface area (Å²) >= 11 is 0. The van der Waals surface area contributed by atoms with Crippen molar-refractivity contribution in [2.24, 2.45) is 5.92 Å². The summed E-state index contributed by atoms with van der Waals surface area (Å²) in [7, 11) is 0. The Morgan fingerprint density at radius 1 is 1.12 bits per heavy atom. The fraction of sp³-hybridized carbons (Fsp3) is 0.714. The number of halogens is 5. The van der Waals surface area contributed by atoms with E-state index in [0.717, 1.165) is 0 Å². The van der Waals surface area contributed by atoms with Gasteiger partial charge in [0.05, 0.1) is 13.2 Å². The molecule has 134 valence electrons. The molecule has 0 amide bonds. The molecule has 3 rings (SSSR count). The topological polar surface area (TPSA) is 41.5 Å². The number of hydrogen-bond acceptors (Lipinski definition) is 5. The molecule has 2 aliphatic heterocycles. The van der Waals surface area contributed by atoms with E-state index < -0.39 is 31.0 Å². The van der Waals surface area contributed by atoms with Gasteiger partial charge >= 0.3 is 6.18 Å². The summed E-state index contributed by atoms with van der Waals surface area (Å²) in [4.78, 5) is 11.3. The van der Waals surface area contributed by atoms with Crippen molar-refractivity contribution in [1.29, 1.82) is 0 Å². The van der Waals surface area contributed by atoms with Gasteiger partial charge in [0.15, 0.2) is 0 Å². The Labute approximate surface area is 135 Å². The van der Waals surface area contributed by atoms with Gasteiger partial charge in [0.1, 0.15) is 11.7 Å². The second-order valence-corrected chi connectivity index (χ2v) is 5.87. The molecule has 1 atom stereocenters. The molecular weight excluding hydrogens is 335 g/mol. The molecule has 2 saturated heterocycles. The van der Waals surface area contributed by atoms with Crippen molar-refractivity contribution in [2.75, 3.05) is 49.2 Å². The highest BCUT2D eigenvalue weighted by Crippen LogP contribution is 2.43. The summed E-state index contributed by atoms with van der Waals surface area (Å²) < 4.78 is 71.2. The molecule has 0 saturated carbocycles. The Kier molecular flexibility index (Phi) is 4.50. The van der Waals surface area contributed by atoms with Crippen LogP contribution in [0, 0.1) is 5.92 Å². The summed E-state index contributed by atoms with van der Waals surface area (Å²) in [5.41, 5.74) is 0. The summed E-state index contributed by atoms with van der Waals surface area (Å²) in [5, 5.41) is 0. The lowest BCUT2D eigenvalue weighted by atomic mass is 9.93. The molecule has 0 N–H and O–H groups in total. The van der Waals surface area contributed by atoms with Crippen LogP contribution in [0.4, 0.5) is 33.7 Å².